The van der Waals surface area contributed by atoms with E-state index in [9.17, 15) is 0 Å². The maximum Gasteiger partial charge on any atom is 0.0849 e. The Labute approximate surface area is 61.0 Å². The second-order valence-electron chi connectivity index (χ2n) is 2.03. The first-order chi connectivity index (χ1) is 5.07. The Bertz CT molecular complexity index is 131. The van der Waals surface area contributed by atoms with Gasteiger partial charge in [0.2, 0.25) is 0 Å². The molecule has 10 heavy (non-hydrogen) atoms. The minimum Gasteiger partial charge on any atom is -0.396 e. The van der Waals surface area contributed by atoms with Crippen LogP contribution in [0.15, 0.2) is 0 Å². The molecule has 0 aromatic rings. The fourth-order valence-corrected chi connectivity index (χ4v) is 0.565. The third kappa shape index (κ3) is 3.55. The van der Waals surface area contributed by atoms with Gasteiger partial charge in [-0.25, -0.2) is 0 Å². The van der Waals surface area contributed by atoms with E-state index in [2.05, 4.69) is 0 Å². The van der Waals surface area contributed by atoms with Gasteiger partial charge in [0.15, 0.2) is 0 Å². The monoisotopic (exact) mass is 148 g/mol. The summed E-state index contributed by atoms with van der Waals surface area (Å²) in [5.41, 5.74) is 0. The van der Waals surface area contributed by atoms with Crippen LogP contribution >= 0.6 is 0 Å². The molecule has 0 spiro atoms. The molecule has 0 aromatic heterocycles. The molecule has 0 amide bonds. The van der Waals surface area contributed by atoms with Crippen molar-refractivity contribution in [3.8, 4) is 0 Å². The van der Waals surface area contributed by atoms with Crippen molar-refractivity contribution in [2.45, 2.75) is 25.0 Å². The maximum atomic E-state index is 9.00. The lowest BCUT2D eigenvalue weighted by Gasteiger charge is -2.13. The van der Waals surface area contributed by atoms with Gasteiger partial charge in [-0.2, -0.15) is 0 Å². The van der Waals surface area contributed by atoms with Gasteiger partial charge in [-0.05, 0) is 12.6 Å². The fourth-order valence-electron chi connectivity index (χ4n) is 0.565. The predicted octanol–water partition coefficient (Wildman–Crippen LogP) is -0.870. The van der Waals surface area contributed by atoms with Crippen molar-refractivity contribution in [2.24, 2.45) is 0 Å². The Balaban J connectivity index is 3.63. The summed E-state index contributed by atoms with van der Waals surface area (Å²) in [6.45, 7) is -0.205. The largest absolute Gasteiger partial charge is 0.396 e. The van der Waals surface area contributed by atoms with Gasteiger partial charge in [0.1, 0.15) is 0 Å². The predicted molar refractivity (Wildman–Crippen MR) is 37.1 cm³/mol. The van der Waals surface area contributed by atoms with E-state index in [4.69, 9.17) is 22.1 Å². The third-order valence-electron chi connectivity index (χ3n) is 1.18. The van der Waals surface area contributed by atoms with Crippen LogP contribution in [0, 0.1) is 5.41 Å². The highest BCUT2D eigenvalue weighted by molar-refractivity contribution is 5.53. The van der Waals surface area contributed by atoms with Crippen LogP contribution in [-0.2, 0) is 0 Å². The van der Waals surface area contributed by atoms with Gasteiger partial charge in [0.25, 0.3) is 0 Å². The van der Waals surface area contributed by atoms with Crippen LogP contribution in [0.3, 0.4) is 0 Å². The fraction of sp³-hybridized carbons (Fsp3) is 0.833. The van der Waals surface area contributed by atoms with Crippen LogP contribution in [0.4, 0.5) is 0 Å². The molecule has 0 heterocycles. The molecule has 0 unspecified atom stereocenters. The molecule has 0 aliphatic heterocycles. The Kier molecular flexibility index (Phi) is 4.09. The van der Waals surface area contributed by atoms with Crippen molar-refractivity contribution < 1.29 is 16.7 Å². The van der Waals surface area contributed by atoms with Crippen molar-refractivity contribution in [1.29, 1.82) is 5.41 Å². The number of nitrogens with one attached hydrogen (secondary N) is 1. The van der Waals surface area contributed by atoms with Crippen molar-refractivity contribution in [3.63, 3.8) is 0 Å². The highest BCUT2D eigenvalue weighted by atomic mass is 16.3. The van der Waals surface area contributed by atoms with Crippen LogP contribution in [0.1, 0.15) is 14.2 Å². The van der Waals surface area contributed by atoms with Crippen LogP contribution in [0.2, 0.25) is 0 Å². The van der Waals surface area contributed by atoms with Gasteiger partial charge >= 0.3 is 0 Å². The summed E-state index contributed by atoms with van der Waals surface area (Å²) in [6.07, 6.45) is -2.65. The average molecular weight is 148 g/mol. The molecule has 4 N–H and O–H groups in total. The van der Waals surface area contributed by atoms with E-state index in [1.54, 1.807) is 0 Å². The molecule has 0 aromatic carbocycles. The van der Waals surface area contributed by atoms with E-state index >= 15 is 0 Å². The van der Waals surface area contributed by atoms with Crippen LogP contribution in [0.5, 0.6) is 0 Å². The molecule has 0 aliphatic rings. The number of hydrogen-bond donors (Lipinski definition) is 4. The number of aliphatic hydroxyl groups excluding tert-OH is 3. The minimum absolute atomic E-state index is 0.0778. The molecule has 0 saturated heterocycles. The summed E-state index contributed by atoms with van der Waals surface area (Å²) >= 11 is 0. The van der Waals surface area contributed by atoms with Crippen molar-refractivity contribution >= 4 is 6.19 Å². The minimum atomic E-state index is -1.10. The summed E-state index contributed by atoms with van der Waals surface area (Å²) in [5.74, 6) is 0. The molecule has 0 rings (SSSR count). The van der Waals surface area contributed by atoms with Gasteiger partial charge in [-0.1, -0.05) is 0 Å². The lowest BCUT2D eigenvalue weighted by Crippen LogP contribution is -2.26. The molecule has 2 atom stereocenters. The van der Waals surface area contributed by atoms with Gasteiger partial charge in [0, 0.05) is 13.0 Å². The highest BCUT2D eigenvalue weighted by Gasteiger charge is 2.13. The highest BCUT2D eigenvalue weighted by Crippen LogP contribution is 2.00. The summed E-state index contributed by atoms with van der Waals surface area (Å²) in [4.78, 5) is 0. The topological polar surface area (TPSA) is 84.5 Å². The molecule has 0 radical (unpaired) electrons. The lowest BCUT2D eigenvalue weighted by atomic mass is 10.1. The Hall–Kier alpha value is -0.450. The quantitative estimate of drug-likeness (QED) is 0.382. The smallest absolute Gasteiger partial charge is 0.0849 e. The van der Waals surface area contributed by atoms with Crippen LogP contribution < -0.4 is 0 Å². The van der Waals surface area contributed by atoms with Crippen molar-refractivity contribution in [2.75, 3.05) is 6.61 Å². The van der Waals surface area contributed by atoms with E-state index in [1.807, 2.05) is 0 Å². The van der Waals surface area contributed by atoms with E-state index in [0.29, 0.717) is 0 Å². The van der Waals surface area contributed by atoms with Gasteiger partial charge in [-0.15, -0.1) is 0 Å². The second-order valence-corrected chi connectivity index (χ2v) is 2.03. The first-order valence-electron chi connectivity index (χ1n) is 3.59. The van der Waals surface area contributed by atoms with E-state index < -0.39 is 18.4 Å². The molecular weight excluding hydrogens is 134 g/mol. The molecule has 4 heteroatoms. The van der Waals surface area contributed by atoms with E-state index in [1.165, 1.54) is 0 Å². The van der Waals surface area contributed by atoms with Gasteiger partial charge in [-0.3, -0.25) is 0 Å². The van der Waals surface area contributed by atoms with Crippen molar-refractivity contribution in [1.82, 2.24) is 0 Å². The maximum absolute atomic E-state index is 9.00. The Morgan fingerprint density at radius 2 is 2.10 bits per heavy atom. The zero-order chi connectivity index (χ0) is 8.85. The van der Waals surface area contributed by atoms with E-state index in [-0.39, 0.29) is 19.4 Å². The zero-order valence-electron chi connectivity index (χ0n) is 6.62. The summed E-state index contributed by atoms with van der Waals surface area (Å²) in [5, 5.41) is 33.0. The molecule has 0 saturated carbocycles. The second kappa shape index (κ2) is 5.34. The SMILES string of the molecule is [2H]C(=N)C[C@@H](O)[C@H](O)CCO. The number of aliphatic hydroxyl groups is 3. The van der Waals surface area contributed by atoms with Gasteiger partial charge in [0.05, 0.1) is 13.6 Å². The van der Waals surface area contributed by atoms with Gasteiger partial charge < -0.3 is 20.7 Å². The van der Waals surface area contributed by atoms with E-state index in [0.717, 1.165) is 0 Å². The number of hydrogen-bond acceptors (Lipinski definition) is 4. The molecule has 0 bridgehead atoms. The molecule has 0 fully saturated rings. The molecule has 60 valence electrons. The third-order valence-corrected chi connectivity index (χ3v) is 1.18. The zero-order valence-corrected chi connectivity index (χ0v) is 5.62. The first kappa shape index (κ1) is 7.65. The Morgan fingerprint density at radius 1 is 1.50 bits per heavy atom. The normalized spacial score (nSPS) is 17.7. The average Bonchev–Trinajstić information content (AvgIpc) is 1.86. The molecule has 4 nitrogen and oxygen atoms in total. The van der Waals surface area contributed by atoms with Crippen LogP contribution in [-0.4, -0.2) is 40.3 Å². The first-order valence-corrected chi connectivity index (χ1v) is 3.09. The molecular formula is C6H13NO3. The van der Waals surface area contributed by atoms with Crippen LogP contribution in [0.25, 0.3) is 0 Å². The summed E-state index contributed by atoms with van der Waals surface area (Å²) in [6, 6.07) is 0. The molecule has 0 aliphatic carbocycles. The summed E-state index contributed by atoms with van der Waals surface area (Å²) in [7, 11) is 0. The lowest BCUT2D eigenvalue weighted by molar-refractivity contribution is 0.0102. The standard InChI is InChI=1S/C6H13NO3/c7-3-1-5(9)6(10)2-4-8/h3,5-10H,1-2,4H2/t5-,6-/m1/s1/i3D. The van der Waals surface area contributed by atoms with Crippen molar-refractivity contribution in [3.05, 3.63) is 0 Å². The Morgan fingerprint density at radius 3 is 2.50 bits per heavy atom. The summed E-state index contributed by atoms with van der Waals surface area (Å²) < 4.78 is 6.68. The number of rotatable bonds is 5.